The Hall–Kier alpha value is -1.74. The lowest BCUT2D eigenvalue weighted by Gasteiger charge is -2.00. The molecule has 0 radical (unpaired) electrons. The molecule has 6 heteroatoms. The van der Waals surface area contributed by atoms with Crippen LogP contribution in [0, 0.1) is 23.1 Å². The average Bonchev–Trinajstić information content (AvgIpc) is 2.81. The summed E-state index contributed by atoms with van der Waals surface area (Å²) in [6, 6.07) is 6.63. The van der Waals surface area contributed by atoms with Gasteiger partial charge in [-0.15, -0.1) is 0 Å². The lowest BCUT2D eigenvalue weighted by atomic mass is 10.1. The summed E-state index contributed by atoms with van der Waals surface area (Å²) >= 11 is 3.11. The summed E-state index contributed by atoms with van der Waals surface area (Å²) in [6.07, 6.45) is 1.00. The van der Waals surface area contributed by atoms with Crippen LogP contribution in [-0.2, 0) is 6.42 Å². The molecule has 2 rings (SSSR count). The van der Waals surface area contributed by atoms with Crippen LogP contribution in [0.3, 0.4) is 0 Å². The molecule has 0 aliphatic heterocycles. The molecule has 1 unspecified atom stereocenters. The van der Waals surface area contributed by atoms with Gasteiger partial charge in [-0.2, -0.15) is 10.2 Å². The van der Waals surface area contributed by atoms with Gasteiger partial charge in [-0.25, -0.2) is 4.39 Å². The van der Waals surface area contributed by atoms with E-state index in [0.29, 0.717) is 34.6 Å². The number of hydrogen-bond donors (Lipinski definition) is 0. The van der Waals surface area contributed by atoms with E-state index >= 15 is 0 Å². The van der Waals surface area contributed by atoms with E-state index in [-0.39, 0.29) is 11.7 Å². The molecule has 98 valence electrons. The number of nitrogens with zero attached hydrogens (tertiary/aromatic N) is 3. The SMILES string of the molecule is CC(CC#N)Cc1nc(-c2ccc(F)c(Br)c2)no1. The predicted molar refractivity (Wildman–Crippen MR) is 70.5 cm³/mol. The van der Waals surface area contributed by atoms with E-state index in [1.54, 1.807) is 12.1 Å². The van der Waals surface area contributed by atoms with Gasteiger partial charge in [0.2, 0.25) is 11.7 Å². The molecule has 0 spiro atoms. The van der Waals surface area contributed by atoms with E-state index in [1.165, 1.54) is 6.07 Å². The highest BCUT2D eigenvalue weighted by Crippen LogP contribution is 2.23. The third-order valence-electron chi connectivity index (χ3n) is 2.61. The smallest absolute Gasteiger partial charge is 0.227 e. The van der Waals surface area contributed by atoms with Crippen molar-refractivity contribution in [2.75, 3.05) is 0 Å². The fourth-order valence-electron chi connectivity index (χ4n) is 1.62. The molecule has 2 aromatic rings. The number of aromatic nitrogens is 2. The van der Waals surface area contributed by atoms with Gasteiger partial charge in [-0.05, 0) is 40.0 Å². The van der Waals surface area contributed by atoms with Crippen LogP contribution < -0.4 is 0 Å². The summed E-state index contributed by atoms with van der Waals surface area (Å²) in [7, 11) is 0. The Balaban J connectivity index is 2.16. The first kappa shape index (κ1) is 13.7. The molecular formula is C13H11BrFN3O. The Morgan fingerprint density at radius 3 is 3.00 bits per heavy atom. The van der Waals surface area contributed by atoms with E-state index < -0.39 is 0 Å². The van der Waals surface area contributed by atoms with Crippen molar-refractivity contribution in [3.05, 3.63) is 34.4 Å². The lowest BCUT2D eigenvalue weighted by molar-refractivity contribution is 0.359. The lowest BCUT2D eigenvalue weighted by Crippen LogP contribution is -1.98. The Morgan fingerprint density at radius 1 is 1.53 bits per heavy atom. The fraction of sp³-hybridized carbons (Fsp3) is 0.308. The van der Waals surface area contributed by atoms with Gasteiger partial charge in [-0.3, -0.25) is 0 Å². The van der Waals surface area contributed by atoms with Crippen LogP contribution in [0.2, 0.25) is 0 Å². The summed E-state index contributed by atoms with van der Waals surface area (Å²) in [6.45, 7) is 1.95. The van der Waals surface area contributed by atoms with Crippen LogP contribution in [0.15, 0.2) is 27.2 Å². The number of halogens is 2. The van der Waals surface area contributed by atoms with Crippen LogP contribution >= 0.6 is 15.9 Å². The molecule has 1 aromatic heterocycles. The van der Waals surface area contributed by atoms with E-state index in [0.717, 1.165) is 0 Å². The number of nitriles is 1. The summed E-state index contributed by atoms with van der Waals surface area (Å²) in [4.78, 5) is 4.24. The van der Waals surface area contributed by atoms with Crippen molar-refractivity contribution in [3.63, 3.8) is 0 Å². The van der Waals surface area contributed by atoms with E-state index in [1.807, 2.05) is 6.92 Å². The molecule has 1 aromatic carbocycles. The van der Waals surface area contributed by atoms with Crippen molar-refractivity contribution >= 4 is 15.9 Å². The zero-order chi connectivity index (χ0) is 13.8. The molecule has 0 fully saturated rings. The highest BCUT2D eigenvalue weighted by molar-refractivity contribution is 9.10. The molecule has 0 saturated carbocycles. The molecule has 0 saturated heterocycles. The van der Waals surface area contributed by atoms with Crippen molar-refractivity contribution in [2.24, 2.45) is 5.92 Å². The first-order chi connectivity index (χ1) is 9.10. The molecule has 1 atom stereocenters. The maximum atomic E-state index is 13.1. The highest BCUT2D eigenvalue weighted by atomic mass is 79.9. The van der Waals surface area contributed by atoms with E-state index in [2.05, 4.69) is 32.1 Å². The second-order valence-corrected chi connectivity index (χ2v) is 5.17. The minimum atomic E-state index is -0.338. The molecular weight excluding hydrogens is 313 g/mol. The zero-order valence-corrected chi connectivity index (χ0v) is 11.8. The molecule has 0 amide bonds. The van der Waals surface area contributed by atoms with E-state index in [9.17, 15) is 4.39 Å². The monoisotopic (exact) mass is 323 g/mol. The van der Waals surface area contributed by atoms with Gasteiger partial charge in [0.1, 0.15) is 5.82 Å². The average molecular weight is 324 g/mol. The van der Waals surface area contributed by atoms with E-state index in [4.69, 9.17) is 9.78 Å². The van der Waals surface area contributed by atoms with Gasteiger partial charge < -0.3 is 4.52 Å². The van der Waals surface area contributed by atoms with Crippen molar-refractivity contribution in [3.8, 4) is 17.5 Å². The van der Waals surface area contributed by atoms with Crippen LogP contribution in [0.5, 0.6) is 0 Å². The third kappa shape index (κ3) is 3.38. The van der Waals surface area contributed by atoms with Crippen LogP contribution in [-0.4, -0.2) is 10.1 Å². The molecule has 0 aliphatic carbocycles. The Morgan fingerprint density at radius 2 is 2.32 bits per heavy atom. The summed E-state index contributed by atoms with van der Waals surface area (Å²) in [5.74, 6) is 0.728. The summed E-state index contributed by atoms with van der Waals surface area (Å²) in [5, 5.41) is 12.5. The highest BCUT2D eigenvalue weighted by Gasteiger charge is 2.13. The molecule has 1 heterocycles. The molecule has 0 N–H and O–H groups in total. The fourth-order valence-corrected chi connectivity index (χ4v) is 2.00. The maximum Gasteiger partial charge on any atom is 0.227 e. The first-order valence-electron chi connectivity index (χ1n) is 5.75. The standard InChI is InChI=1S/C13H11BrFN3O/c1-8(4-5-16)6-12-17-13(18-19-12)9-2-3-11(15)10(14)7-9/h2-3,7-8H,4,6H2,1H3. The van der Waals surface area contributed by atoms with Crippen molar-refractivity contribution in [1.82, 2.24) is 10.1 Å². The minimum Gasteiger partial charge on any atom is -0.339 e. The van der Waals surface area contributed by atoms with Crippen LogP contribution in [0.4, 0.5) is 4.39 Å². The van der Waals surface area contributed by atoms with Gasteiger partial charge in [0, 0.05) is 18.4 Å². The largest absolute Gasteiger partial charge is 0.339 e. The van der Waals surface area contributed by atoms with Gasteiger partial charge >= 0.3 is 0 Å². The molecule has 19 heavy (non-hydrogen) atoms. The minimum absolute atomic E-state index is 0.165. The first-order valence-corrected chi connectivity index (χ1v) is 6.54. The zero-order valence-electron chi connectivity index (χ0n) is 10.2. The second kappa shape index (κ2) is 5.93. The topological polar surface area (TPSA) is 62.7 Å². The number of rotatable bonds is 4. The summed E-state index contributed by atoms with van der Waals surface area (Å²) < 4.78 is 18.6. The molecule has 4 nitrogen and oxygen atoms in total. The number of benzene rings is 1. The Bertz CT molecular complexity index is 621. The molecule has 0 aliphatic rings. The third-order valence-corrected chi connectivity index (χ3v) is 3.22. The van der Waals surface area contributed by atoms with Crippen molar-refractivity contribution < 1.29 is 8.91 Å². The maximum absolute atomic E-state index is 13.1. The van der Waals surface area contributed by atoms with Gasteiger partial charge in [0.15, 0.2) is 0 Å². The Labute approximate surface area is 118 Å². The van der Waals surface area contributed by atoms with Gasteiger partial charge in [0.25, 0.3) is 0 Å². The van der Waals surface area contributed by atoms with Crippen molar-refractivity contribution in [1.29, 1.82) is 5.26 Å². The Kier molecular flexibility index (Phi) is 4.27. The normalized spacial score (nSPS) is 12.1. The van der Waals surface area contributed by atoms with Crippen LogP contribution in [0.25, 0.3) is 11.4 Å². The van der Waals surface area contributed by atoms with Crippen molar-refractivity contribution in [2.45, 2.75) is 19.8 Å². The van der Waals surface area contributed by atoms with Gasteiger partial charge in [0.05, 0.1) is 10.5 Å². The summed E-state index contributed by atoms with van der Waals surface area (Å²) in [5.41, 5.74) is 0.677. The quantitative estimate of drug-likeness (QED) is 0.860. The van der Waals surface area contributed by atoms with Gasteiger partial charge in [-0.1, -0.05) is 12.1 Å². The number of hydrogen-bond acceptors (Lipinski definition) is 4. The second-order valence-electron chi connectivity index (χ2n) is 4.31. The van der Waals surface area contributed by atoms with Crippen LogP contribution in [0.1, 0.15) is 19.2 Å². The molecule has 0 bridgehead atoms. The predicted octanol–water partition coefficient (Wildman–Crippen LogP) is 3.73.